The molecule has 7 heteroatoms. The topological polar surface area (TPSA) is 81.7 Å². The van der Waals surface area contributed by atoms with Gasteiger partial charge in [0.05, 0.1) is 18.7 Å². The molecule has 27 heavy (non-hydrogen) atoms. The van der Waals surface area contributed by atoms with E-state index in [9.17, 15) is 18.8 Å². The Hall–Kier alpha value is -3.22. The zero-order valence-corrected chi connectivity index (χ0v) is 14.9. The van der Waals surface area contributed by atoms with Crippen molar-refractivity contribution in [1.82, 2.24) is 0 Å². The van der Waals surface area contributed by atoms with Crippen LogP contribution in [0.2, 0.25) is 0 Å². The molecule has 0 saturated heterocycles. The van der Waals surface area contributed by atoms with Crippen LogP contribution in [0.3, 0.4) is 0 Å². The zero-order valence-electron chi connectivity index (χ0n) is 14.9. The highest BCUT2D eigenvalue weighted by atomic mass is 19.1. The molecule has 0 radical (unpaired) electrons. The standard InChI is InChI=1S/C20H20FNO5/c1-2-26-15-9-7-14(8-10-15)18(23)11-12-20(25)27-13-19(24)22-17-6-4-3-5-16(17)21/h3-10H,2,11-13H2,1H3,(H,22,24). The molecule has 0 aromatic heterocycles. The highest BCUT2D eigenvalue weighted by molar-refractivity contribution is 5.98. The number of Topliss-reactive ketones (excluding diaryl/α,β-unsaturated/α-hetero) is 1. The maximum atomic E-state index is 13.4. The van der Waals surface area contributed by atoms with Crippen LogP contribution in [0.25, 0.3) is 0 Å². The molecule has 0 aliphatic carbocycles. The van der Waals surface area contributed by atoms with Crippen LogP contribution in [0.4, 0.5) is 10.1 Å². The predicted molar refractivity (Wildman–Crippen MR) is 97.2 cm³/mol. The van der Waals surface area contributed by atoms with Crippen LogP contribution < -0.4 is 10.1 Å². The fourth-order valence-corrected chi connectivity index (χ4v) is 2.23. The minimum atomic E-state index is -0.682. The molecule has 0 spiro atoms. The second-order valence-corrected chi connectivity index (χ2v) is 5.57. The molecule has 1 amide bonds. The molecule has 0 atom stereocenters. The van der Waals surface area contributed by atoms with E-state index in [4.69, 9.17) is 9.47 Å². The van der Waals surface area contributed by atoms with Crippen LogP contribution in [0.5, 0.6) is 5.75 Å². The number of para-hydroxylation sites is 1. The number of halogens is 1. The summed E-state index contributed by atoms with van der Waals surface area (Å²) in [6.07, 6.45) is -0.194. The largest absolute Gasteiger partial charge is 0.494 e. The molecule has 6 nitrogen and oxygen atoms in total. The Kier molecular flexibility index (Phi) is 7.49. The summed E-state index contributed by atoms with van der Waals surface area (Å²) in [6.45, 7) is 1.84. The number of carbonyl (C=O) groups excluding carboxylic acids is 3. The second-order valence-electron chi connectivity index (χ2n) is 5.57. The van der Waals surface area contributed by atoms with Gasteiger partial charge >= 0.3 is 5.97 Å². The quantitative estimate of drug-likeness (QED) is 0.538. The number of amides is 1. The number of nitrogens with one attached hydrogen (secondary N) is 1. The van der Waals surface area contributed by atoms with Crippen molar-refractivity contribution in [2.24, 2.45) is 0 Å². The first-order valence-corrected chi connectivity index (χ1v) is 8.45. The molecule has 0 fully saturated rings. The van der Waals surface area contributed by atoms with Gasteiger partial charge in [-0.15, -0.1) is 0 Å². The molecule has 1 N–H and O–H groups in total. The predicted octanol–water partition coefficient (Wildman–Crippen LogP) is 3.37. The summed E-state index contributed by atoms with van der Waals surface area (Å²) in [5.74, 6) is -1.48. The van der Waals surface area contributed by atoms with Crippen molar-refractivity contribution in [2.45, 2.75) is 19.8 Å². The normalized spacial score (nSPS) is 10.1. The molecule has 0 heterocycles. The Morgan fingerprint density at radius 3 is 2.37 bits per heavy atom. The van der Waals surface area contributed by atoms with E-state index >= 15 is 0 Å². The van der Waals surface area contributed by atoms with E-state index in [1.54, 1.807) is 30.3 Å². The lowest BCUT2D eigenvalue weighted by atomic mass is 10.1. The van der Waals surface area contributed by atoms with E-state index in [0.29, 0.717) is 17.9 Å². The van der Waals surface area contributed by atoms with Crippen LogP contribution in [-0.4, -0.2) is 30.9 Å². The zero-order chi connectivity index (χ0) is 19.6. The fraction of sp³-hybridized carbons (Fsp3) is 0.250. The average Bonchev–Trinajstić information content (AvgIpc) is 2.67. The highest BCUT2D eigenvalue weighted by Crippen LogP contribution is 2.14. The van der Waals surface area contributed by atoms with Crippen molar-refractivity contribution in [3.63, 3.8) is 0 Å². The maximum Gasteiger partial charge on any atom is 0.306 e. The van der Waals surface area contributed by atoms with E-state index in [2.05, 4.69) is 5.32 Å². The van der Waals surface area contributed by atoms with Crippen molar-refractivity contribution in [3.05, 3.63) is 59.9 Å². The summed E-state index contributed by atoms with van der Waals surface area (Å²) < 4.78 is 23.5. The summed E-state index contributed by atoms with van der Waals surface area (Å²) >= 11 is 0. The summed E-state index contributed by atoms with van der Waals surface area (Å²) in [6, 6.07) is 12.3. The van der Waals surface area contributed by atoms with Crippen molar-refractivity contribution in [3.8, 4) is 5.75 Å². The number of benzene rings is 2. The van der Waals surface area contributed by atoms with Gasteiger partial charge < -0.3 is 14.8 Å². The number of ketones is 1. The Balaban J connectivity index is 1.73. The first-order valence-electron chi connectivity index (χ1n) is 8.45. The number of ether oxygens (including phenoxy) is 2. The first kappa shape index (κ1) is 20.1. The molecular weight excluding hydrogens is 353 g/mol. The van der Waals surface area contributed by atoms with Crippen molar-refractivity contribution >= 4 is 23.3 Å². The van der Waals surface area contributed by atoms with Crippen LogP contribution in [0.1, 0.15) is 30.1 Å². The third kappa shape index (κ3) is 6.54. The Labute approximate surface area is 156 Å². The first-order chi connectivity index (χ1) is 13.0. The van der Waals surface area contributed by atoms with Gasteiger partial charge in [-0.2, -0.15) is 0 Å². The van der Waals surface area contributed by atoms with Gasteiger partial charge in [-0.25, -0.2) is 4.39 Å². The summed E-state index contributed by atoms with van der Waals surface area (Å²) in [4.78, 5) is 35.4. The van der Waals surface area contributed by atoms with E-state index < -0.39 is 24.3 Å². The highest BCUT2D eigenvalue weighted by Gasteiger charge is 2.13. The molecule has 2 rings (SSSR count). The van der Waals surface area contributed by atoms with Gasteiger partial charge in [-0.1, -0.05) is 12.1 Å². The molecule has 2 aromatic carbocycles. The molecule has 0 bridgehead atoms. The average molecular weight is 373 g/mol. The van der Waals surface area contributed by atoms with Crippen LogP contribution >= 0.6 is 0 Å². The van der Waals surface area contributed by atoms with E-state index in [-0.39, 0.29) is 24.3 Å². The van der Waals surface area contributed by atoms with Crippen LogP contribution in [0, 0.1) is 5.82 Å². The molecule has 0 aliphatic heterocycles. The Morgan fingerprint density at radius 2 is 1.70 bits per heavy atom. The van der Waals surface area contributed by atoms with Crippen molar-refractivity contribution in [1.29, 1.82) is 0 Å². The number of rotatable bonds is 9. The van der Waals surface area contributed by atoms with Gasteiger partial charge in [-0.05, 0) is 43.3 Å². The summed E-state index contributed by atoms with van der Waals surface area (Å²) in [7, 11) is 0. The number of hydrogen-bond donors (Lipinski definition) is 1. The number of esters is 1. The second kappa shape index (κ2) is 10.1. The van der Waals surface area contributed by atoms with Gasteiger partial charge in [0.2, 0.25) is 0 Å². The van der Waals surface area contributed by atoms with Gasteiger partial charge in [0.15, 0.2) is 12.4 Å². The summed E-state index contributed by atoms with van der Waals surface area (Å²) in [5.41, 5.74) is 0.466. The minimum absolute atomic E-state index is 0.00391. The lowest BCUT2D eigenvalue weighted by Gasteiger charge is -2.07. The van der Waals surface area contributed by atoms with E-state index in [0.717, 1.165) is 0 Å². The molecule has 2 aromatic rings. The molecule has 0 saturated carbocycles. The van der Waals surface area contributed by atoms with Gasteiger partial charge in [0.1, 0.15) is 11.6 Å². The SMILES string of the molecule is CCOc1ccc(C(=O)CCC(=O)OCC(=O)Nc2ccccc2F)cc1. The van der Waals surface area contributed by atoms with Crippen LogP contribution in [0.15, 0.2) is 48.5 Å². The molecule has 0 aliphatic rings. The van der Waals surface area contributed by atoms with E-state index in [1.807, 2.05) is 6.92 Å². The Morgan fingerprint density at radius 1 is 1.00 bits per heavy atom. The van der Waals surface area contributed by atoms with Gasteiger partial charge in [-0.3, -0.25) is 14.4 Å². The number of anilines is 1. The fourth-order valence-electron chi connectivity index (χ4n) is 2.23. The third-order valence-corrected chi connectivity index (χ3v) is 3.56. The van der Waals surface area contributed by atoms with Gasteiger partial charge in [0, 0.05) is 12.0 Å². The third-order valence-electron chi connectivity index (χ3n) is 3.56. The number of hydrogen-bond acceptors (Lipinski definition) is 5. The van der Waals surface area contributed by atoms with E-state index in [1.165, 1.54) is 18.2 Å². The summed E-state index contributed by atoms with van der Waals surface area (Å²) in [5, 5.41) is 2.30. The molecule has 142 valence electrons. The lowest BCUT2D eigenvalue weighted by molar-refractivity contribution is -0.147. The van der Waals surface area contributed by atoms with Crippen LogP contribution in [-0.2, 0) is 14.3 Å². The lowest BCUT2D eigenvalue weighted by Crippen LogP contribution is -2.21. The smallest absolute Gasteiger partial charge is 0.306 e. The maximum absolute atomic E-state index is 13.4. The number of carbonyl (C=O) groups is 3. The molecular formula is C20H20FNO5. The van der Waals surface area contributed by atoms with Crippen molar-refractivity contribution in [2.75, 3.05) is 18.5 Å². The monoisotopic (exact) mass is 373 g/mol. The minimum Gasteiger partial charge on any atom is -0.494 e. The Bertz CT molecular complexity index is 804. The van der Waals surface area contributed by atoms with Gasteiger partial charge in [0.25, 0.3) is 5.91 Å². The van der Waals surface area contributed by atoms with Crippen molar-refractivity contribution < 1.29 is 28.2 Å². The molecule has 0 unspecified atom stereocenters.